The largest absolute Gasteiger partial charge is 0.245 e. The lowest BCUT2D eigenvalue weighted by Crippen LogP contribution is -1.95. The molecule has 2 aromatic rings. The third kappa shape index (κ3) is 1.40. The predicted octanol–water partition coefficient (Wildman–Crippen LogP) is 3.93. The maximum Gasteiger partial charge on any atom is 0.198 e. The lowest BCUT2D eigenvalue weighted by molar-refractivity contribution is 0.418. The first-order valence-electron chi connectivity index (χ1n) is 3.86. The van der Waals surface area contributed by atoms with Gasteiger partial charge in [0.1, 0.15) is 6.67 Å². The second kappa shape index (κ2) is 3.44. The van der Waals surface area contributed by atoms with E-state index in [2.05, 4.69) is 0 Å². The molecule has 0 bridgehead atoms. The molecule has 1 aromatic heterocycles. The number of alkyl halides is 1. The number of fused-ring (bicyclic) bond motifs is 1. The summed E-state index contributed by atoms with van der Waals surface area (Å²) in [6, 6.07) is 0.973. The van der Waals surface area contributed by atoms with Crippen LogP contribution >= 0.6 is 11.3 Å². The van der Waals surface area contributed by atoms with Gasteiger partial charge in [-0.05, 0) is 6.07 Å². The summed E-state index contributed by atoms with van der Waals surface area (Å²) in [4.78, 5) is 0.0211. The van der Waals surface area contributed by atoms with Crippen LogP contribution in [0.3, 0.4) is 0 Å². The fourth-order valence-corrected chi connectivity index (χ4v) is 2.18. The smallest absolute Gasteiger partial charge is 0.198 e. The zero-order chi connectivity index (χ0) is 11.2. The van der Waals surface area contributed by atoms with Crippen LogP contribution < -0.4 is 0 Å². The highest BCUT2D eigenvalue weighted by atomic mass is 32.1. The van der Waals surface area contributed by atoms with Crippen molar-refractivity contribution >= 4 is 21.4 Å². The van der Waals surface area contributed by atoms with Gasteiger partial charge in [0.15, 0.2) is 23.3 Å². The van der Waals surface area contributed by atoms with Gasteiger partial charge in [-0.25, -0.2) is 22.0 Å². The average molecular weight is 238 g/mol. The third-order valence-corrected chi connectivity index (χ3v) is 3.02. The van der Waals surface area contributed by atoms with Gasteiger partial charge in [0.05, 0.1) is 4.70 Å². The van der Waals surface area contributed by atoms with Crippen LogP contribution in [-0.2, 0) is 6.67 Å². The summed E-state index contributed by atoms with van der Waals surface area (Å²) in [5, 5.41) is -0.427. The molecule has 0 amide bonds. The second-order valence-corrected chi connectivity index (χ2v) is 3.98. The quantitative estimate of drug-likeness (QED) is 0.401. The molecule has 0 unspecified atom stereocenters. The van der Waals surface area contributed by atoms with E-state index in [0.29, 0.717) is 11.3 Å². The first-order valence-corrected chi connectivity index (χ1v) is 4.68. The molecule has 1 heterocycles. The molecule has 0 nitrogen and oxygen atoms in total. The Hall–Kier alpha value is -1.17. The number of halogens is 5. The summed E-state index contributed by atoms with van der Waals surface area (Å²) < 4.78 is 63.5. The van der Waals surface area contributed by atoms with Gasteiger partial charge < -0.3 is 0 Å². The first-order chi connectivity index (χ1) is 7.06. The molecular weight excluding hydrogens is 235 g/mol. The van der Waals surface area contributed by atoms with Crippen molar-refractivity contribution in [3.8, 4) is 0 Å². The van der Waals surface area contributed by atoms with Crippen molar-refractivity contribution in [3.63, 3.8) is 0 Å². The van der Waals surface area contributed by atoms with Crippen LogP contribution in [0.1, 0.15) is 4.88 Å². The molecular formula is C9H3F5S. The third-order valence-electron chi connectivity index (χ3n) is 1.93. The summed E-state index contributed by atoms with van der Waals surface area (Å²) in [6.07, 6.45) is 0. The molecule has 0 radical (unpaired) electrons. The van der Waals surface area contributed by atoms with Crippen molar-refractivity contribution in [1.29, 1.82) is 0 Å². The van der Waals surface area contributed by atoms with E-state index in [4.69, 9.17) is 0 Å². The summed E-state index contributed by atoms with van der Waals surface area (Å²) in [6.45, 7) is -0.929. The normalized spacial score (nSPS) is 11.3. The maximum absolute atomic E-state index is 13.1. The Kier molecular flexibility index (Phi) is 2.38. The van der Waals surface area contributed by atoms with Crippen LogP contribution in [0.2, 0.25) is 0 Å². The highest BCUT2D eigenvalue weighted by molar-refractivity contribution is 7.19. The van der Waals surface area contributed by atoms with Gasteiger partial charge in [0, 0.05) is 10.3 Å². The topological polar surface area (TPSA) is 0 Å². The van der Waals surface area contributed by atoms with Crippen LogP contribution in [0.4, 0.5) is 22.0 Å². The number of benzene rings is 1. The first kappa shape index (κ1) is 10.4. The van der Waals surface area contributed by atoms with Gasteiger partial charge in [0.2, 0.25) is 0 Å². The van der Waals surface area contributed by atoms with Crippen LogP contribution in [0.25, 0.3) is 10.1 Å². The van der Waals surface area contributed by atoms with Crippen LogP contribution in [0, 0.1) is 23.3 Å². The molecule has 15 heavy (non-hydrogen) atoms. The SMILES string of the molecule is FCc1cc2c(F)c(F)c(F)c(F)c2s1. The van der Waals surface area contributed by atoms with E-state index in [1.807, 2.05) is 0 Å². The fraction of sp³-hybridized carbons (Fsp3) is 0.111. The highest BCUT2D eigenvalue weighted by Crippen LogP contribution is 2.33. The summed E-state index contributed by atoms with van der Waals surface area (Å²) in [5.74, 6) is -6.70. The zero-order valence-corrected chi connectivity index (χ0v) is 7.90. The molecule has 0 N–H and O–H groups in total. The molecule has 0 spiro atoms. The van der Waals surface area contributed by atoms with E-state index in [1.54, 1.807) is 0 Å². The molecule has 80 valence electrons. The van der Waals surface area contributed by atoms with Crippen LogP contribution in [0.15, 0.2) is 6.07 Å². The highest BCUT2D eigenvalue weighted by Gasteiger charge is 2.22. The molecule has 6 heteroatoms. The maximum atomic E-state index is 13.1. The van der Waals surface area contributed by atoms with E-state index in [1.165, 1.54) is 0 Å². The Bertz CT molecular complexity index is 486. The van der Waals surface area contributed by atoms with E-state index in [9.17, 15) is 22.0 Å². The van der Waals surface area contributed by atoms with Crippen molar-refractivity contribution < 1.29 is 22.0 Å². The molecule has 0 saturated heterocycles. The van der Waals surface area contributed by atoms with Crippen molar-refractivity contribution in [2.45, 2.75) is 6.67 Å². The Morgan fingerprint density at radius 3 is 2.13 bits per heavy atom. The molecule has 0 aliphatic carbocycles. The van der Waals surface area contributed by atoms with Gasteiger partial charge in [-0.15, -0.1) is 11.3 Å². The zero-order valence-electron chi connectivity index (χ0n) is 7.08. The van der Waals surface area contributed by atoms with Gasteiger partial charge in [-0.2, -0.15) is 0 Å². The number of hydrogen-bond donors (Lipinski definition) is 0. The Labute approximate surface area is 84.9 Å². The van der Waals surface area contributed by atoms with Crippen molar-refractivity contribution in [2.24, 2.45) is 0 Å². The minimum atomic E-state index is -1.87. The minimum absolute atomic E-state index is 0.0211. The van der Waals surface area contributed by atoms with Gasteiger partial charge in [0.25, 0.3) is 0 Å². The van der Waals surface area contributed by atoms with Gasteiger partial charge >= 0.3 is 0 Å². The minimum Gasteiger partial charge on any atom is -0.245 e. The Morgan fingerprint density at radius 1 is 0.933 bits per heavy atom. The second-order valence-electron chi connectivity index (χ2n) is 2.85. The monoisotopic (exact) mass is 238 g/mol. The predicted molar refractivity (Wildman–Crippen MR) is 46.5 cm³/mol. The number of hydrogen-bond acceptors (Lipinski definition) is 1. The van der Waals surface area contributed by atoms with Crippen molar-refractivity contribution in [2.75, 3.05) is 0 Å². The molecule has 0 aliphatic heterocycles. The number of rotatable bonds is 1. The van der Waals surface area contributed by atoms with Crippen LogP contribution in [-0.4, -0.2) is 0 Å². The fourth-order valence-electron chi connectivity index (χ4n) is 1.24. The molecule has 0 atom stereocenters. The average Bonchev–Trinajstić information content (AvgIpc) is 2.67. The van der Waals surface area contributed by atoms with E-state index in [0.717, 1.165) is 6.07 Å². The standard InChI is InChI=1S/C9H3F5S/c10-2-3-1-4-5(11)6(12)7(13)8(14)9(4)15-3/h1H,2H2. The Morgan fingerprint density at radius 2 is 1.53 bits per heavy atom. The molecule has 2 rings (SSSR count). The molecule has 1 aromatic carbocycles. The molecule has 0 aliphatic rings. The van der Waals surface area contributed by atoms with Gasteiger partial charge in [-0.1, -0.05) is 0 Å². The summed E-state index contributed by atoms with van der Waals surface area (Å²) in [5.41, 5.74) is 0. The van der Waals surface area contributed by atoms with E-state index < -0.39 is 40.0 Å². The Balaban J connectivity index is 2.90. The summed E-state index contributed by atoms with van der Waals surface area (Å²) >= 11 is 0.564. The van der Waals surface area contributed by atoms with Crippen LogP contribution in [0.5, 0.6) is 0 Å². The van der Waals surface area contributed by atoms with E-state index in [-0.39, 0.29) is 4.88 Å². The summed E-state index contributed by atoms with van der Waals surface area (Å²) in [7, 11) is 0. The van der Waals surface area contributed by atoms with Crippen molar-refractivity contribution in [3.05, 3.63) is 34.2 Å². The molecule has 0 saturated carbocycles. The van der Waals surface area contributed by atoms with Gasteiger partial charge in [-0.3, -0.25) is 0 Å². The lowest BCUT2D eigenvalue weighted by Gasteiger charge is -1.98. The lowest BCUT2D eigenvalue weighted by atomic mass is 10.2. The van der Waals surface area contributed by atoms with E-state index >= 15 is 0 Å². The molecule has 0 fully saturated rings. The van der Waals surface area contributed by atoms with Crippen molar-refractivity contribution in [1.82, 2.24) is 0 Å². The number of thiophene rings is 1.